The highest BCUT2D eigenvalue weighted by atomic mass is 16.1. The van der Waals surface area contributed by atoms with Crippen LogP contribution in [0.4, 0.5) is 5.69 Å². The summed E-state index contributed by atoms with van der Waals surface area (Å²) in [6.07, 6.45) is 2.80. The van der Waals surface area contributed by atoms with E-state index >= 15 is 0 Å². The van der Waals surface area contributed by atoms with Gasteiger partial charge in [0.15, 0.2) is 0 Å². The van der Waals surface area contributed by atoms with Crippen LogP contribution in [0.15, 0.2) is 30.3 Å². The molecule has 1 amide bonds. The smallest absolute Gasteiger partial charge is 0.224 e. The number of nitrogens with zero attached hydrogens (tertiary/aromatic N) is 1. The lowest BCUT2D eigenvalue weighted by molar-refractivity contribution is -0.124. The molecule has 0 spiro atoms. The Balaban J connectivity index is 2.31. The van der Waals surface area contributed by atoms with E-state index in [9.17, 15) is 4.79 Å². The largest absolute Gasteiger partial charge is 0.372 e. The van der Waals surface area contributed by atoms with Crippen LogP contribution in [0, 0.1) is 5.92 Å². The lowest BCUT2D eigenvalue weighted by Gasteiger charge is -2.23. The Kier molecular flexibility index (Phi) is 8.51. The van der Waals surface area contributed by atoms with Crippen LogP contribution >= 0.6 is 0 Å². The van der Waals surface area contributed by atoms with Gasteiger partial charge >= 0.3 is 0 Å². The second-order valence-electron chi connectivity index (χ2n) is 5.28. The molecule has 0 aliphatic heterocycles. The van der Waals surface area contributed by atoms with Gasteiger partial charge in [-0.2, -0.15) is 0 Å². The molecule has 1 rings (SSSR count). The van der Waals surface area contributed by atoms with Crippen molar-refractivity contribution in [3.63, 3.8) is 0 Å². The summed E-state index contributed by atoms with van der Waals surface area (Å²) in [5.74, 6) is 0.0634. The van der Waals surface area contributed by atoms with Crippen molar-refractivity contribution in [1.82, 2.24) is 5.32 Å². The lowest BCUT2D eigenvalue weighted by Crippen LogP contribution is -2.36. The van der Waals surface area contributed by atoms with Gasteiger partial charge in [-0.1, -0.05) is 31.5 Å². The molecule has 0 radical (unpaired) electrons. The highest BCUT2D eigenvalue weighted by Crippen LogP contribution is 2.12. The van der Waals surface area contributed by atoms with Crippen molar-refractivity contribution < 1.29 is 4.79 Å². The number of anilines is 1. The standard InChI is InChI=1S/C17H29N3O/c1-3-9-15(14-18)17(21)19-12-8-13-20(4-2)16-10-6-5-7-11-16/h5-7,10-11,15H,3-4,8-9,12-14,18H2,1-2H3,(H,19,21). The number of carbonyl (C=O) groups is 1. The molecule has 1 aromatic carbocycles. The molecule has 0 bridgehead atoms. The van der Waals surface area contributed by atoms with Crippen molar-refractivity contribution in [3.05, 3.63) is 30.3 Å². The maximum Gasteiger partial charge on any atom is 0.224 e. The Labute approximate surface area is 128 Å². The molecule has 0 aliphatic carbocycles. The zero-order valence-electron chi connectivity index (χ0n) is 13.3. The van der Waals surface area contributed by atoms with Crippen LogP contribution in [0.5, 0.6) is 0 Å². The summed E-state index contributed by atoms with van der Waals surface area (Å²) < 4.78 is 0. The Bertz CT molecular complexity index is 394. The number of carbonyl (C=O) groups excluding carboxylic acids is 1. The van der Waals surface area contributed by atoms with Gasteiger partial charge in [-0.25, -0.2) is 0 Å². The van der Waals surface area contributed by atoms with E-state index in [1.54, 1.807) is 0 Å². The highest BCUT2D eigenvalue weighted by molar-refractivity contribution is 5.78. The first kappa shape index (κ1) is 17.5. The molecular formula is C17H29N3O. The number of amides is 1. The van der Waals surface area contributed by atoms with E-state index in [0.717, 1.165) is 32.4 Å². The van der Waals surface area contributed by atoms with E-state index in [-0.39, 0.29) is 11.8 Å². The number of rotatable bonds is 10. The Morgan fingerprint density at radius 1 is 1.29 bits per heavy atom. The Morgan fingerprint density at radius 3 is 2.57 bits per heavy atom. The van der Waals surface area contributed by atoms with Crippen molar-refractivity contribution in [2.24, 2.45) is 11.7 Å². The first-order valence-corrected chi connectivity index (χ1v) is 8.00. The maximum absolute atomic E-state index is 11.9. The summed E-state index contributed by atoms with van der Waals surface area (Å²) in [7, 11) is 0. The minimum Gasteiger partial charge on any atom is -0.372 e. The van der Waals surface area contributed by atoms with Gasteiger partial charge in [0.05, 0.1) is 5.92 Å². The fraction of sp³-hybridized carbons (Fsp3) is 0.588. The summed E-state index contributed by atoms with van der Waals surface area (Å²) in [5.41, 5.74) is 6.87. The average molecular weight is 291 g/mol. The number of nitrogens with one attached hydrogen (secondary N) is 1. The molecule has 4 heteroatoms. The molecular weight excluding hydrogens is 262 g/mol. The normalized spacial score (nSPS) is 12.0. The quantitative estimate of drug-likeness (QED) is 0.651. The van der Waals surface area contributed by atoms with Gasteiger partial charge in [0.25, 0.3) is 0 Å². The first-order chi connectivity index (χ1) is 10.2. The molecule has 0 saturated carbocycles. The Morgan fingerprint density at radius 2 is 2.00 bits per heavy atom. The minimum atomic E-state index is -0.0357. The van der Waals surface area contributed by atoms with Crippen LogP contribution in [-0.4, -0.2) is 32.1 Å². The van der Waals surface area contributed by atoms with Crippen LogP contribution in [0.3, 0.4) is 0 Å². The van der Waals surface area contributed by atoms with Crippen molar-refractivity contribution in [2.75, 3.05) is 31.1 Å². The van der Waals surface area contributed by atoms with Crippen molar-refractivity contribution in [2.45, 2.75) is 33.1 Å². The number of hydrogen-bond acceptors (Lipinski definition) is 3. The summed E-state index contributed by atoms with van der Waals surface area (Å²) in [4.78, 5) is 14.3. The van der Waals surface area contributed by atoms with Crippen molar-refractivity contribution in [3.8, 4) is 0 Å². The third-order valence-corrected chi connectivity index (χ3v) is 3.70. The summed E-state index contributed by atoms with van der Waals surface area (Å²) >= 11 is 0. The van der Waals surface area contributed by atoms with Gasteiger partial charge in [0.1, 0.15) is 0 Å². The highest BCUT2D eigenvalue weighted by Gasteiger charge is 2.14. The van der Waals surface area contributed by atoms with Crippen molar-refractivity contribution >= 4 is 11.6 Å². The van der Waals surface area contributed by atoms with E-state index < -0.39 is 0 Å². The fourth-order valence-electron chi connectivity index (χ4n) is 2.44. The second-order valence-corrected chi connectivity index (χ2v) is 5.28. The number of para-hydroxylation sites is 1. The van der Waals surface area contributed by atoms with Gasteiger partial charge in [0, 0.05) is 31.9 Å². The average Bonchev–Trinajstić information content (AvgIpc) is 2.53. The van der Waals surface area contributed by atoms with E-state index in [1.165, 1.54) is 5.69 Å². The van der Waals surface area contributed by atoms with Crippen LogP contribution in [0.2, 0.25) is 0 Å². The second kappa shape index (κ2) is 10.2. The van der Waals surface area contributed by atoms with Gasteiger partial charge in [-0.15, -0.1) is 0 Å². The monoisotopic (exact) mass is 291 g/mol. The van der Waals surface area contributed by atoms with Crippen LogP contribution in [0.25, 0.3) is 0 Å². The minimum absolute atomic E-state index is 0.0357. The topological polar surface area (TPSA) is 58.4 Å². The van der Waals surface area contributed by atoms with Crippen LogP contribution in [-0.2, 0) is 4.79 Å². The van der Waals surface area contributed by atoms with Gasteiger partial charge in [0.2, 0.25) is 5.91 Å². The number of benzene rings is 1. The maximum atomic E-state index is 11.9. The van der Waals surface area contributed by atoms with Crippen LogP contribution in [0.1, 0.15) is 33.1 Å². The molecule has 4 nitrogen and oxygen atoms in total. The molecule has 0 fully saturated rings. The lowest BCUT2D eigenvalue weighted by atomic mass is 10.0. The molecule has 0 heterocycles. The van der Waals surface area contributed by atoms with Crippen LogP contribution < -0.4 is 16.0 Å². The SMILES string of the molecule is CCCC(CN)C(=O)NCCCN(CC)c1ccccc1. The third kappa shape index (κ3) is 6.17. The molecule has 0 saturated heterocycles. The number of hydrogen-bond donors (Lipinski definition) is 2. The fourth-order valence-corrected chi connectivity index (χ4v) is 2.44. The molecule has 21 heavy (non-hydrogen) atoms. The first-order valence-electron chi connectivity index (χ1n) is 8.00. The molecule has 0 aliphatic rings. The molecule has 3 N–H and O–H groups in total. The van der Waals surface area contributed by atoms with E-state index in [1.807, 2.05) is 6.07 Å². The summed E-state index contributed by atoms with van der Waals surface area (Å²) in [6, 6.07) is 10.4. The third-order valence-electron chi connectivity index (χ3n) is 3.70. The molecule has 1 unspecified atom stereocenters. The predicted molar refractivity (Wildman–Crippen MR) is 89.4 cm³/mol. The van der Waals surface area contributed by atoms with Gasteiger partial charge in [-0.05, 0) is 31.9 Å². The summed E-state index contributed by atoms with van der Waals surface area (Å²) in [6.45, 7) is 7.29. The number of nitrogens with two attached hydrogens (primary N) is 1. The van der Waals surface area contributed by atoms with Gasteiger partial charge < -0.3 is 16.0 Å². The predicted octanol–water partition coefficient (Wildman–Crippen LogP) is 2.39. The van der Waals surface area contributed by atoms with E-state index in [2.05, 4.69) is 48.3 Å². The summed E-state index contributed by atoms with van der Waals surface area (Å²) in [5, 5.41) is 3.00. The molecule has 1 atom stereocenters. The van der Waals surface area contributed by atoms with Gasteiger partial charge in [-0.3, -0.25) is 4.79 Å². The van der Waals surface area contributed by atoms with Crippen molar-refractivity contribution in [1.29, 1.82) is 0 Å². The van der Waals surface area contributed by atoms with E-state index in [0.29, 0.717) is 13.1 Å². The molecule has 0 aromatic heterocycles. The van der Waals surface area contributed by atoms with E-state index in [4.69, 9.17) is 5.73 Å². The Hall–Kier alpha value is -1.55. The molecule has 1 aromatic rings. The molecule has 118 valence electrons. The zero-order valence-corrected chi connectivity index (χ0v) is 13.3. The zero-order chi connectivity index (χ0) is 15.5.